The highest BCUT2D eigenvalue weighted by molar-refractivity contribution is 7.22. The number of halogens is 3. The second-order valence-corrected chi connectivity index (χ2v) is 8.90. The zero-order valence-electron chi connectivity index (χ0n) is 17.4. The van der Waals surface area contributed by atoms with Gasteiger partial charge in [-0.2, -0.15) is 0 Å². The minimum absolute atomic E-state index is 0. The van der Waals surface area contributed by atoms with E-state index in [2.05, 4.69) is 4.98 Å². The van der Waals surface area contributed by atoms with Crippen LogP contribution in [0.2, 0.25) is 10.0 Å². The highest BCUT2D eigenvalue weighted by atomic mass is 35.5. The lowest BCUT2D eigenvalue weighted by Crippen LogP contribution is -2.32. The standard InChI is InChI=1S/C22H20Cl2N4O2S.ClH/c1-14-10-16(24)12-19-20(14)26-22(31-19)28(8-3-7-27-9-6-25-13-27)21(29)17-11-15(23)4-5-18(17)30-2;/h4-6,9-13H,3,7-8H2,1-2H3;1H. The average molecular weight is 512 g/mol. The van der Waals surface area contributed by atoms with Gasteiger partial charge in [-0.25, -0.2) is 9.97 Å². The number of hydrogen-bond acceptors (Lipinski definition) is 5. The van der Waals surface area contributed by atoms with Crippen molar-refractivity contribution in [1.82, 2.24) is 14.5 Å². The van der Waals surface area contributed by atoms with Gasteiger partial charge in [0.25, 0.3) is 5.91 Å². The van der Waals surface area contributed by atoms with Crippen molar-refractivity contribution in [3.8, 4) is 5.75 Å². The minimum atomic E-state index is -0.215. The summed E-state index contributed by atoms with van der Waals surface area (Å²) in [6.45, 7) is 3.16. The molecule has 4 aromatic rings. The highest BCUT2D eigenvalue weighted by Crippen LogP contribution is 2.35. The molecule has 4 rings (SSSR count). The maximum Gasteiger partial charge on any atom is 0.263 e. The summed E-state index contributed by atoms with van der Waals surface area (Å²) in [4.78, 5) is 24.1. The van der Waals surface area contributed by atoms with Gasteiger partial charge in [0.1, 0.15) is 5.75 Å². The Morgan fingerprint density at radius 3 is 2.75 bits per heavy atom. The highest BCUT2D eigenvalue weighted by Gasteiger charge is 2.24. The van der Waals surface area contributed by atoms with Crippen molar-refractivity contribution in [3.05, 3.63) is 70.2 Å². The van der Waals surface area contributed by atoms with Gasteiger partial charge in [-0.15, -0.1) is 12.4 Å². The van der Waals surface area contributed by atoms with Crippen molar-refractivity contribution in [2.24, 2.45) is 0 Å². The first kappa shape index (κ1) is 24.3. The Labute approximate surface area is 206 Å². The summed E-state index contributed by atoms with van der Waals surface area (Å²) < 4.78 is 8.32. The van der Waals surface area contributed by atoms with E-state index in [1.807, 2.05) is 29.8 Å². The normalized spacial score (nSPS) is 10.8. The predicted molar refractivity (Wildman–Crippen MR) is 133 cm³/mol. The number of rotatable bonds is 7. The molecule has 0 radical (unpaired) electrons. The van der Waals surface area contributed by atoms with Crippen LogP contribution < -0.4 is 9.64 Å². The Hall–Kier alpha value is -2.32. The molecule has 0 fully saturated rings. The number of carbonyl (C=O) groups is 1. The molecule has 0 saturated carbocycles. The van der Waals surface area contributed by atoms with Crippen molar-refractivity contribution in [2.45, 2.75) is 19.9 Å². The SMILES string of the molecule is COc1ccc(Cl)cc1C(=O)N(CCCn1ccnc1)c1nc2c(C)cc(Cl)cc2s1.Cl. The smallest absolute Gasteiger partial charge is 0.263 e. The Morgan fingerprint density at radius 1 is 1.22 bits per heavy atom. The number of fused-ring (bicyclic) bond motifs is 1. The number of anilines is 1. The molecule has 0 aliphatic heterocycles. The summed E-state index contributed by atoms with van der Waals surface area (Å²) in [5, 5.41) is 1.72. The number of amides is 1. The van der Waals surface area contributed by atoms with Crippen LogP contribution in [0.4, 0.5) is 5.13 Å². The number of hydrogen-bond donors (Lipinski definition) is 0. The van der Waals surface area contributed by atoms with Crippen LogP contribution in [0, 0.1) is 6.92 Å². The van der Waals surface area contributed by atoms with Gasteiger partial charge >= 0.3 is 0 Å². The van der Waals surface area contributed by atoms with Crippen molar-refractivity contribution in [1.29, 1.82) is 0 Å². The molecule has 2 aromatic heterocycles. The fourth-order valence-corrected chi connectivity index (χ4v) is 4.98. The second kappa shape index (κ2) is 10.5. The molecule has 0 unspecified atom stereocenters. The molecule has 6 nitrogen and oxygen atoms in total. The van der Waals surface area contributed by atoms with E-state index >= 15 is 0 Å². The molecule has 168 valence electrons. The first-order valence-electron chi connectivity index (χ1n) is 9.64. The quantitative estimate of drug-likeness (QED) is 0.293. The lowest BCUT2D eigenvalue weighted by molar-refractivity contribution is 0.0983. The number of imidazole rings is 1. The van der Waals surface area contributed by atoms with Gasteiger partial charge < -0.3 is 9.30 Å². The molecular weight excluding hydrogens is 491 g/mol. The van der Waals surface area contributed by atoms with E-state index in [1.165, 1.54) is 18.4 Å². The summed E-state index contributed by atoms with van der Waals surface area (Å²) >= 11 is 13.8. The van der Waals surface area contributed by atoms with Crippen molar-refractivity contribution in [2.75, 3.05) is 18.6 Å². The predicted octanol–water partition coefficient (Wildman–Crippen LogP) is 6.28. The summed E-state index contributed by atoms with van der Waals surface area (Å²) in [6, 6.07) is 8.77. The summed E-state index contributed by atoms with van der Waals surface area (Å²) in [6.07, 6.45) is 6.12. The molecule has 32 heavy (non-hydrogen) atoms. The van der Waals surface area contributed by atoms with Gasteiger partial charge in [0.15, 0.2) is 5.13 Å². The van der Waals surface area contributed by atoms with Crippen molar-refractivity contribution < 1.29 is 9.53 Å². The third-order valence-corrected chi connectivity index (χ3v) is 6.34. The van der Waals surface area contributed by atoms with Crippen LogP contribution in [0.1, 0.15) is 22.3 Å². The third-order valence-electron chi connectivity index (χ3n) is 4.86. The van der Waals surface area contributed by atoms with Crippen LogP contribution in [0.3, 0.4) is 0 Å². The molecule has 0 spiro atoms. The van der Waals surface area contributed by atoms with Crippen LogP contribution in [0.5, 0.6) is 5.75 Å². The van der Waals surface area contributed by atoms with E-state index in [1.54, 1.807) is 35.6 Å². The van der Waals surface area contributed by atoms with E-state index in [0.717, 1.165) is 28.7 Å². The molecule has 0 N–H and O–H groups in total. The molecule has 0 aliphatic rings. The Kier molecular flexibility index (Phi) is 8.00. The number of methoxy groups -OCH3 is 1. The maximum absolute atomic E-state index is 13.6. The van der Waals surface area contributed by atoms with Crippen molar-refractivity contribution in [3.63, 3.8) is 0 Å². The number of thiazole rings is 1. The number of carbonyl (C=O) groups excluding carboxylic acids is 1. The van der Waals surface area contributed by atoms with E-state index in [9.17, 15) is 4.79 Å². The average Bonchev–Trinajstić information content (AvgIpc) is 3.40. The number of nitrogens with zero attached hydrogens (tertiary/aromatic N) is 4. The molecular formula is C22H21Cl3N4O2S. The topological polar surface area (TPSA) is 60.2 Å². The third kappa shape index (κ3) is 5.18. The Morgan fingerprint density at radius 2 is 2.03 bits per heavy atom. The van der Waals surface area contributed by atoms with Gasteiger partial charge in [-0.3, -0.25) is 9.69 Å². The first-order valence-corrected chi connectivity index (χ1v) is 11.2. The molecule has 2 heterocycles. The van der Waals surface area contributed by atoms with E-state index in [-0.39, 0.29) is 18.3 Å². The van der Waals surface area contributed by atoms with Crippen molar-refractivity contribution >= 4 is 68.2 Å². The van der Waals surface area contributed by atoms with E-state index in [4.69, 9.17) is 32.9 Å². The zero-order chi connectivity index (χ0) is 22.0. The number of aromatic nitrogens is 3. The zero-order valence-corrected chi connectivity index (χ0v) is 20.6. The minimum Gasteiger partial charge on any atom is -0.496 e. The summed E-state index contributed by atoms with van der Waals surface area (Å²) in [5.74, 6) is 0.252. The molecule has 1 amide bonds. The van der Waals surface area contributed by atoms with E-state index < -0.39 is 0 Å². The van der Waals surface area contributed by atoms with Gasteiger partial charge in [0.05, 0.1) is 29.2 Å². The number of ether oxygens (including phenoxy) is 1. The van der Waals surface area contributed by atoms with Crippen LogP contribution in [0.15, 0.2) is 49.1 Å². The van der Waals surface area contributed by atoms with Crippen LogP contribution in [-0.4, -0.2) is 34.1 Å². The van der Waals surface area contributed by atoms with Gasteiger partial charge in [-0.1, -0.05) is 34.5 Å². The Bertz CT molecular complexity index is 1230. The number of aryl methyl sites for hydroxylation is 2. The van der Waals surface area contributed by atoms with Gasteiger partial charge in [0.2, 0.25) is 0 Å². The molecule has 0 saturated heterocycles. The number of benzene rings is 2. The molecule has 10 heteroatoms. The van der Waals surface area contributed by atoms with Crippen LogP contribution in [-0.2, 0) is 6.54 Å². The van der Waals surface area contributed by atoms with Gasteiger partial charge in [0, 0.05) is 35.5 Å². The lowest BCUT2D eigenvalue weighted by atomic mass is 10.1. The second-order valence-electron chi connectivity index (χ2n) is 7.02. The maximum atomic E-state index is 13.6. The molecule has 0 aliphatic carbocycles. The Balaban J connectivity index is 0.00000289. The fraction of sp³-hybridized carbons (Fsp3) is 0.227. The van der Waals surface area contributed by atoms with Gasteiger partial charge in [-0.05, 0) is 49.2 Å². The summed E-state index contributed by atoms with van der Waals surface area (Å²) in [5.41, 5.74) is 2.21. The first-order chi connectivity index (χ1) is 15.0. The monoisotopic (exact) mass is 510 g/mol. The molecule has 0 bridgehead atoms. The van der Waals surface area contributed by atoms with Crippen LogP contribution >= 0.6 is 46.9 Å². The fourth-order valence-electron chi connectivity index (χ4n) is 3.37. The largest absolute Gasteiger partial charge is 0.496 e. The lowest BCUT2D eigenvalue weighted by Gasteiger charge is -2.21. The summed E-state index contributed by atoms with van der Waals surface area (Å²) in [7, 11) is 1.53. The van der Waals surface area contributed by atoms with Crippen LogP contribution in [0.25, 0.3) is 10.2 Å². The van der Waals surface area contributed by atoms with E-state index in [0.29, 0.717) is 33.0 Å². The molecule has 2 aromatic carbocycles. The molecule has 0 atom stereocenters.